The summed E-state index contributed by atoms with van der Waals surface area (Å²) >= 11 is 0. The van der Waals surface area contributed by atoms with E-state index in [-0.39, 0.29) is 5.41 Å². The van der Waals surface area contributed by atoms with Gasteiger partial charge in [-0.05, 0) is 38.5 Å². The van der Waals surface area contributed by atoms with Crippen LogP contribution < -0.4 is 0 Å². The molecule has 3 unspecified atom stereocenters. The van der Waals surface area contributed by atoms with Crippen molar-refractivity contribution in [3.05, 3.63) is 12.2 Å². The van der Waals surface area contributed by atoms with Crippen LogP contribution in [0.15, 0.2) is 12.2 Å². The van der Waals surface area contributed by atoms with Gasteiger partial charge in [-0.1, -0.05) is 25.0 Å². The zero-order valence-electron chi connectivity index (χ0n) is 9.00. The Morgan fingerprint density at radius 3 is 2.14 bits per heavy atom. The maximum Gasteiger partial charge on any atom is 0.0743 e. The summed E-state index contributed by atoms with van der Waals surface area (Å²) in [4.78, 5) is 0. The maximum absolute atomic E-state index is 10.8. The molecule has 4 aliphatic carbocycles. The summed E-state index contributed by atoms with van der Waals surface area (Å²) in [5.41, 5.74) is -0.161. The molecule has 0 amide bonds. The lowest BCUT2D eigenvalue weighted by molar-refractivity contribution is -0.152. The van der Waals surface area contributed by atoms with E-state index in [2.05, 4.69) is 19.1 Å². The van der Waals surface area contributed by atoms with Crippen molar-refractivity contribution < 1.29 is 5.11 Å². The number of fused-ring (bicyclic) bond motifs is 1. The van der Waals surface area contributed by atoms with Crippen molar-refractivity contribution in [3.63, 3.8) is 0 Å². The van der Waals surface area contributed by atoms with Gasteiger partial charge in [0.25, 0.3) is 0 Å². The molecule has 1 heteroatoms. The molecule has 0 aromatic rings. The summed E-state index contributed by atoms with van der Waals surface area (Å²) in [6.07, 6.45) is 12.4. The Bertz CT molecular complexity index is 271. The van der Waals surface area contributed by atoms with Gasteiger partial charge in [0, 0.05) is 11.3 Å². The molecule has 78 valence electrons. The van der Waals surface area contributed by atoms with Crippen LogP contribution in [0.2, 0.25) is 0 Å². The molecule has 0 radical (unpaired) electrons. The predicted molar refractivity (Wildman–Crippen MR) is 56.9 cm³/mol. The van der Waals surface area contributed by atoms with Gasteiger partial charge >= 0.3 is 0 Å². The zero-order valence-corrected chi connectivity index (χ0v) is 9.00. The third kappa shape index (κ3) is 0.850. The molecule has 0 aromatic heterocycles. The fourth-order valence-electron chi connectivity index (χ4n) is 4.38. The highest BCUT2D eigenvalue weighted by atomic mass is 16.3. The first-order valence-electron chi connectivity index (χ1n) is 6.07. The molecular weight excluding hydrogens is 172 g/mol. The topological polar surface area (TPSA) is 20.2 Å². The number of aliphatic hydroxyl groups is 1. The van der Waals surface area contributed by atoms with Gasteiger partial charge < -0.3 is 5.11 Å². The zero-order chi connectivity index (χ0) is 9.81. The number of rotatable bonds is 0. The Balaban J connectivity index is 2.07. The molecule has 2 saturated carbocycles. The van der Waals surface area contributed by atoms with E-state index in [9.17, 15) is 5.11 Å². The summed E-state index contributed by atoms with van der Waals surface area (Å²) in [5.74, 6) is 1.11. The number of allylic oxidation sites excluding steroid dienone is 1. The molecule has 1 spiro atoms. The molecule has 14 heavy (non-hydrogen) atoms. The average Bonchev–Trinajstić information content (AvgIpc) is 2.65. The Morgan fingerprint density at radius 2 is 1.64 bits per heavy atom. The van der Waals surface area contributed by atoms with Crippen molar-refractivity contribution in [2.24, 2.45) is 17.3 Å². The van der Waals surface area contributed by atoms with Crippen LogP contribution in [-0.2, 0) is 0 Å². The van der Waals surface area contributed by atoms with E-state index >= 15 is 0 Å². The van der Waals surface area contributed by atoms with Crippen molar-refractivity contribution >= 4 is 0 Å². The first-order valence-corrected chi connectivity index (χ1v) is 6.07. The summed E-state index contributed by atoms with van der Waals surface area (Å²) < 4.78 is 0. The van der Waals surface area contributed by atoms with Crippen LogP contribution in [0.1, 0.15) is 45.4 Å². The fraction of sp³-hybridized carbons (Fsp3) is 0.846. The smallest absolute Gasteiger partial charge is 0.0743 e. The van der Waals surface area contributed by atoms with Crippen molar-refractivity contribution in [3.8, 4) is 0 Å². The summed E-state index contributed by atoms with van der Waals surface area (Å²) in [5, 5.41) is 10.8. The van der Waals surface area contributed by atoms with Gasteiger partial charge in [0.2, 0.25) is 0 Å². The van der Waals surface area contributed by atoms with E-state index in [0.717, 1.165) is 0 Å². The first-order chi connectivity index (χ1) is 6.67. The molecule has 1 nitrogen and oxygen atoms in total. The molecule has 3 atom stereocenters. The SMILES string of the molecule is CC1(O)C2C=CC(CC2)C12CCCC2. The lowest BCUT2D eigenvalue weighted by Crippen LogP contribution is -2.58. The van der Waals surface area contributed by atoms with Crippen molar-refractivity contribution in [2.45, 2.75) is 51.0 Å². The Kier molecular flexibility index (Phi) is 1.69. The molecular formula is C13H20O. The monoisotopic (exact) mass is 192 g/mol. The largest absolute Gasteiger partial charge is 0.389 e. The van der Waals surface area contributed by atoms with Crippen LogP contribution in [0.5, 0.6) is 0 Å². The van der Waals surface area contributed by atoms with Gasteiger partial charge in [-0.2, -0.15) is 0 Å². The lowest BCUT2D eigenvalue weighted by Gasteiger charge is -2.57. The third-order valence-corrected chi connectivity index (χ3v) is 5.30. The maximum atomic E-state index is 10.8. The molecule has 0 heterocycles. The normalized spacial score (nSPS) is 49.0. The van der Waals surface area contributed by atoms with E-state index in [1.165, 1.54) is 38.5 Å². The second-order valence-electron chi connectivity index (χ2n) is 5.69. The Morgan fingerprint density at radius 1 is 1.07 bits per heavy atom. The quantitative estimate of drug-likeness (QED) is 0.585. The molecule has 0 saturated heterocycles. The highest BCUT2D eigenvalue weighted by molar-refractivity contribution is 5.21. The van der Waals surface area contributed by atoms with Gasteiger partial charge in [0.05, 0.1) is 5.60 Å². The number of hydrogen-bond donors (Lipinski definition) is 1. The highest BCUT2D eigenvalue weighted by Crippen LogP contribution is 2.62. The Labute approximate surface area is 86.2 Å². The molecule has 0 aromatic carbocycles. The average molecular weight is 192 g/mol. The van der Waals surface area contributed by atoms with E-state index in [4.69, 9.17) is 0 Å². The van der Waals surface area contributed by atoms with Crippen LogP contribution in [0.4, 0.5) is 0 Å². The van der Waals surface area contributed by atoms with Crippen LogP contribution >= 0.6 is 0 Å². The molecule has 4 aliphatic rings. The summed E-state index contributed by atoms with van der Waals surface area (Å²) in [7, 11) is 0. The van der Waals surface area contributed by atoms with Gasteiger partial charge in [0.1, 0.15) is 0 Å². The highest BCUT2D eigenvalue weighted by Gasteiger charge is 2.59. The summed E-state index contributed by atoms with van der Waals surface area (Å²) in [6.45, 7) is 2.10. The minimum Gasteiger partial charge on any atom is -0.389 e. The third-order valence-electron chi connectivity index (χ3n) is 5.30. The lowest BCUT2D eigenvalue weighted by atomic mass is 9.50. The van der Waals surface area contributed by atoms with Crippen LogP contribution in [0.3, 0.4) is 0 Å². The van der Waals surface area contributed by atoms with E-state index in [0.29, 0.717) is 11.8 Å². The van der Waals surface area contributed by atoms with Crippen molar-refractivity contribution in [1.82, 2.24) is 0 Å². The standard InChI is InChI=1S/C13H20O/c1-12(14)10-4-6-11(7-5-10)13(12)8-2-3-9-13/h4,6,10-11,14H,2-3,5,7-9H2,1H3. The van der Waals surface area contributed by atoms with Gasteiger partial charge in [-0.25, -0.2) is 0 Å². The van der Waals surface area contributed by atoms with Crippen LogP contribution in [-0.4, -0.2) is 10.7 Å². The minimum atomic E-state index is -0.416. The van der Waals surface area contributed by atoms with Gasteiger partial charge in [-0.3, -0.25) is 0 Å². The molecule has 0 aliphatic heterocycles. The minimum absolute atomic E-state index is 0.255. The van der Waals surface area contributed by atoms with E-state index < -0.39 is 5.60 Å². The van der Waals surface area contributed by atoms with Crippen molar-refractivity contribution in [2.75, 3.05) is 0 Å². The molecule has 1 N–H and O–H groups in total. The van der Waals surface area contributed by atoms with Gasteiger partial charge in [0.15, 0.2) is 0 Å². The van der Waals surface area contributed by atoms with E-state index in [1.54, 1.807) is 0 Å². The van der Waals surface area contributed by atoms with E-state index in [1.807, 2.05) is 0 Å². The van der Waals surface area contributed by atoms with Crippen LogP contribution in [0, 0.1) is 17.3 Å². The van der Waals surface area contributed by atoms with Gasteiger partial charge in [-0.15, -0.1) is 0 Å². The molecule has 2 bridgehead atoms. The predicted octanol–water partition coefficient (Wildman–Crippen LogP) is 2.89. The van der Waals surface area contributed by atoms with Crippen molar-refractivity contribution in [1.29, 1.82) is 0 Å². The second kappa shape index (κ2) is 2.63. The van der Waals surface area contributed by atoms with Crippen LogP contribution in [0.25, 0.3) is 0 Å². The number of hydrogen-bond acceptors (Lipinski definition) is 1. The molecule has 4 rings (SSSR count). The fourth-order valence-corrected chi connectivity index (χ4v) is 4.38. The molecule has 2 fully saturated rings. The summed E-state index contributed by atoms with van der Waals surface area (Å²) in [6, 6.07) is 0. The Hall–Kier alpha value is -0.300. The first kappa shape index (κ1) is 8.96. The second-order valence-corrected chi connectivity index (χ2v) is 5.69.